The fraction of sp³-hybridized carbons (Fsp3) is 0.667. The first-order chi connectivity index (χ1) is 13.0. The van der Waals surface area contributed by atoms with Gasteiger partial charge in [-0.25, -0.2) is 9.18 Å². The monoisotopic (exact) mass is 399 g/mol. The third-order valence-electron chi connectivity index (χ3n) is 4.43. The summed E-state index contributed by atoms with van der Waals surface area (Å²) in [5, 5.41) is 12.0. The molecule has 0 bridgehead atoms. The third kappa shape index (κ3) is 4.39. The Bertz CT molecular complexity index is 792. The maximum absolute atomic E-state index is 15.5. The molecule has 1 aromatic rings. The van der Waals surface area contributed by atoms with Gasteiger partial charge in [-0.15, -0.1) is 0 Å². The highest BCUT2D eigenvalue weighted by Crippen LogP contribution is 2.42. The number of aliphatic hydroxyl groups excluding tert-OH is 1. The highest BCUT2D eigenvalue weighted by Gasteiger charge is 2.58. The van der Waals surface area contributed by atoms with Gasteiger partial charge in [0.15, 0.2) is 18.0 Å². The van der Waals surface area contributed by atoms with Crippen molar-refractivity contribution in [3.63, 3.8) is 0 Å². The second kappa shape index (κ2) is 8.36. The molecule has 2 heterocycles. The lowest BCUT2D eigenvalue weighted by molar-refractivity contribution is -0.162. The zero-order valence-corrected chi connectivity index (χ0v) is 16.5. The minimum atomic E-state index is -2.30. The van der Waals surface area contributed by atoms with E-state index in [1.807, 2.05) is 0 Å². The summed E-state index contributed by atoms with van der Waals surface area (Å²) in [5.41, 5.74) is -3.16. The predicted molar refractivity (Wildman–Crippen MR) is 97.2 cm³/mol. The Hall–Kier alpha value is -2.33. The van der Waals surface area contributed by atoms with Gasteiger partial charge in [0.05, 0.1) is 12.5 Å². The van der Waals surface area contributed by atoms with E-state index < -0.39 is 48.3 Å². The van der Waals surface area contributed by atoms with Gasteiger partial charge in [0, 0.05) is 12.1 Å². The number of nitrogens with one attached hydrogen (secondary N) is 1. The minimum absolute atomic E-state index is 0.0278. The summed E-state index contributed by atoms with van der Waals surface area (Å²) in [6.07, 6.45) is -2.78. The van der Waals surface area contributed by atoms with Gasteiger partial charge in [-0.1, -0.05) is 27.7 Å². The number of anilines is 1. The van der Waals surface area contributed by atoms with Crippen LogP contribution in [-0.4, -0.2) is 51.0 Å². The van der Waals surface area contributed by atoms with E-state index in [0.29, 0.717) is 0 Å². The molecule has 156 valence electrons. The van der Waals surface area contributed by atoms with Crippen molar-refractivity contribution >= 4 is 17.7 Å². The van der Waals surface area contributed by atoms with E-state index in [9.17, 15) is 19.5 Å². The number of nitrogens with zero attached hydrogens (tertiary/aromatic N) is 2. The number of ether oxygens (including phenoxy) is 2. The predicted octanol–water partition coefficient (Wildman–Crippen LogP) is 1.02. The van der Waals surface area contributed by atoms with Crippen molar-refractivity contribution in [1.29, 1.82) is 0 Å². The molecule has 1 amide bonds. The van der Waals surface area contributed by atoms with Gasteiger partial charge in [-0.05, 0) is 13.0 Å². The number of amides is 1. The standard InChI is InChI=1S/C18H26FN3O6/c1-9(2)14(24)20-12-6-7-22(17(26)21-12)16-18(5,19)13(11(8-23)27-16)28-15(25)10(3)4/h6-7,9-11,13,16,23H,8H2,1-5H3,(H,20,21,24,26)/t11-,13?,16-,18?/m1/s1. The van der Waals surface area contributed by atoms with Crippen LogP contribution < -0.4 is 11.0 Å². The number of hydrogen-bond donors (Lipinski definition) is 2. The highest BCUT2D eigenvalue weighted by molar-refractivity contribution is 5.91. The fourth-order valence-electron chi connectivity index (χ4n) is 2.73. The van der Waals surface area contributed by atoms with Gasteiger partial charge in [0.2, 0.25) is 5.91 Å². The van der Waals surface area contributed by atoms with E-state index in [4.69, 9.17) is 9.47 Å². The number of carbonyl (C=O) groups excluding carboxylic acids is 2. The van der Waals surface area contributed by atoms with Gasteiger partial charge in [0.1, 0.15) is 11.9 Å². The molecule has 2 N–H and O–H groups in total. The Balaban J connectivity index is 2.30. The number of aliphatic hydroxyl groups is 1. The summed E-state index contributed by atoms with van der Waals surface area (Å²) in [6.45, 7) is 7.09. The van der Waals surface area contributed by atoms with Gasteiger partial charge in [0.25, 0.3) is 0 Å². The SMILES string of the molecule is CC(C)C(=O)Nc1ccn([C@@H]2O[C@H](CO)C(OC(=O)C(C)C)C2(C)F)c(=O)n1. The first-order valence-electron chi connectivity index (χ1n) is 9.04. The molecule has 2 unspecified atom stereocenters. The van der Waals surface area contributed by atoms with Crippen molar-refractivity contribution in [2.75, 3.05) is 11.9 Å². The third-order valence-corrected chi connectivity index (χ3v) is 4.43. The van der Waals surface area contributed by atoms with Crippen LogP contribution in [0.3, 0.4) is 0 Å². The summed E-state index contributed by atoms with van der Waals surface area (Å²) in [7, 11) is 0. The van der Waals surface area contributed by atoms with E-state index in [1.165, 1.54) is 12.3 Å². The summed E-state index contributed by atoms with van der Waals surface area (Å²) in [5.74, 6) is -1.74. The zero-order chi connectivity index (χ0) is 21.2. The molecule has 0 aliphatic carbocycles. The number of esters is 1. The average molecular weight is 399 g/mol. The van der Waals surface area contributed by atoms with Crippen LogP contribution in [0, 0.1) is 11.8 Å². The van der Waals surface area contributed by atoms with Crippen LogP contribution in [0.4, 0.5) is 10.2 Å². The Morgan fingerprint density at radius 1 is 1.39 bits per heavy atom. The van der Waals surface area contributed by atoms with Crippen molar-refractivity contribution in [3.05, 3.63) is 22.7 Å². The summed E-state index contributed by atoms with van der Waals surface area (Å²) >= 11 is 0. The van der Waals surface area contributed by atoms with E-state index >= 15 is 4.39 Å². The zero-order valence-electron chi connectivity index (χ0n) is 16.5. The molecular weight excluding hydrogens is 373 g/mol. The maximum Gasteiger partial charge on any atom is 0.351 e. The Labute approximate surface area is 161 Å². The van der Waals surface area contributed by atoms with Crippen LogP contribution in [0.5, 0.6) is 0 Å². The maximum atomic E-state index is 15.5. The Kier molecular flexibility index (Phi) is 6.56. The van der Waals surface area contributed by atoms with Gasteiger partial charge in [-0.2, -0.15) is 4.98 Å². The topological polar surface area (TPSA) is 120 Å². The Morgan fingerprint density at radius 2 is 2.04 bits per heavy atom. The second-order valence-corrected chi connectivity index (χ2v) is 7.52. The molecule has 1 aromatic heterocycles. The van der Waals surface area contributed by atoms with E-state index in [-0.39, 0.29) is 17.6 Å². The molecule has 1 saturated heterocycles. The van der Waals surface area contributed by atoms with E-state index in [1.54, 1.807) is 27.7 Å². The quantitative estimate of drug-likeness (QED) is 0.686. The van der Waals surface area contributed by atoms with Crippen LogP contribution >= 0.6 is 0 Å². The lowest BCUT2D eigenvalue weighted by atomic mass is 9.98. The van der Waals surface area contributed by atoms with Gasteiger partial charge < -0.3 is 19.9 Å². The van der Waals surface area contributed by atoms with Crippen molar-refractivity contribution in [2.45, 2.75) is 58.7 Å². The molecule has 4 atom stereocenters. The lowest BCUT2D eigenvalue weighted by Gasteiger charge is -2.28. The number of halogens is 1. The van der Waals surface area contributed by atoms with Crippen molar-refractivity contribution in [2.24, 2.45) is 11.8 Å². The summed E-state index contributed by atoms with van der Waals surface area (Å²) in [4.78, 5) is 39.8. The van der Waals surface area contributed by atoms with Crippen molar-refractivity contribution in [3.8, 4) is 0 Å². The second-order valence-electron chi connectivity index (χ2n) is 7.52. The molecule has 28 heavy (non-hydrogen) atoms. The fourth-order valence-corrected chi connectivity index (χ4v) is 2.73. The molecule has 0 aromatic carbocycles. The Morgan fingerprint density at radius 3 is 2.54 bits per heavy atom. The first-order valence-corrected chi connectivity index (χ1v) is 9.04. The largest absolute Gasteiger partial charge is 0.456 e. The molecule has 9 nitrogen and oxygen atoms in total. The number of aromatic nitrogens is 2. The average Bonchev–Trinajstić information content (AvgIpc) is 2.85. The molecule has 0 saturated carbocycles. The van der Waals surface area contributed by atoms with Crippen molar-refractivity contribution < 1.29 is 28.6 Å². The highest BCUT2D eigenvalue weighted by atomic mass is 19.1. The van der Waals surface area contributed by atoms with Crippen molar-refractivity contribution in [1.82, 2.24) is 9.55 Å². The van der Waals surface area contributed by atoms with Crippen LogP contribution in [-0.2, 0) is 19.1 Å². The first kappa shape index (κ1) is 22.0. The van der Waals surface area contributed by atoms with E-state index in [0.717, 1.165) is 11.5 Å². The normalized spacial score (nSPS) is 27.2. The molecule has 1 aliphatic rings. The molecule has 0 spiro atoms. The number of rotatable bonds is 6. The summed E-state index contributed by atoms with van der Waals surface area (Å²) < 4.78 is 27.1. The van der Waals surface area contributed by atoms with Crippen LogP contribution in [0.2, 0.25) is 0 Å². The number of carbonyl (C=O) groups is 2. The molecule has 1 fully saturated rings. The minimum Gasteiger partial charge on any atom is -0.456 e. The molecule has 2 rings (SSSR count). The molecular formula is C18H26FN3O6. The van der Waals surface area contributed by atoms with Crippen LogP contribution in [0.25, 0.3) is 0 Å². The molecule has 0 radical (unpaired) electrons. The van der Waals surface area contributed by atoms with Crippen LogP contribution in [0.1, 0.15) is 40.8 Å². The lowest BCUT2D eigenvalue weighted by Crippen LogP contribution is -2.46. The van der Waals surface area contributed by atoms with Gasteiger partial charge >= 0.3 is 11.7 Å². The molecule has 1 aliphatic heterocycles. The summed E-state index contributed by atoms with van der Waals surface area (Å²) in [6, 6.07) is 1.34. The number of hydrogen-bond acceptors (Lipinski definition) is 7. The number of alkyl halides is 1. The molecule has 10 heteroatoms. The van der Waals surface area contributed by atoms with Gasteiger partial charge in [-0.3, -0.25) is 14.2 Å². The van der Waals surface area contributed by atoms with E-state index in [2.05, 4.69) is 10.3 Å². The van der Waals surface area contributed by atoms with Crippen LogP contribution in [0.15, 0.2) is 17.1 Å². The smallest absolute Gasteiger partial charge is 0.351 e.